The molecule has 26 heavy (non-hydrogen) atoms. The van der Waals surface area contributed by atoms with Gasteiger partial charge in [-0.25, -0.2) is 4.79 Å². The maximum Gasteiger partial charge on any atom is 0.344 e. The van der Waals surface area contributed by atoms with Crippen LogP contribution in [-0.4, -0.2) is 36.3 Å². The molecule has 1 aromatic rings. The first-order valence-corrected chi connectivity index (χ1v) is 9.12. The zero-order chi connectivity index (χ0) is 19.0. The molecule has 6 nitrogen and oxygen atoms in total. The number of nitrogens with zero attached hydrogens (tertiary/aromatic N) is 1. The number of oxime groups is 1. The number of aliphatic carboxylic acids is 1. The molecule has 6 heteroatoms. The molecular formula is C20H28N2O4. The molecule has 0 aliphatic heterocycles. The van der Waals surface area contributed by atoms with E-state index in [1.165, 1.54) is 12.0 Å². The number of rotatable bonds is 8. The number of hydrogen-bond acceptors (Lipinski definition) is 4. The summed E-state index contributed by atoms with van der Waals surface area (Å²) in [6.07, 6.45) is 6.78. The third kappa shape index (κ3) is 5.58. The quantitative estimate of drug-likeness (QED) is 0.551. The summed E-state index contributed by atoms with van der Waals surface area (Å²) >= 11 is 0. The molecule has 0 heterocycles. The second-order valence-electron chi connectivity index (χ2n) is 7.03. The minimum atomic E-state index is -1.02. The third-order valence-electron chi connectivity index (χ3n) is 5.18. The van der Waals surface area contributed by atoms with Gasteiger partial charge in [0.05, 0.1) is 12.1 Å². The molecule has 1 aliphatic carbocycles. The van der Waals surface area contributed by atoms with E-state index < -0.39 is 12.6 Å². The lowest BCUT2D eigenvalue weighted by Crippen LogP contribution is -2.34. The topological polar surface area (TPSA) is 88.0 Å². The molecule has 0 bridgehead atoms. The van der Waals surface area contributed by atoms with Crippen molar-refractivity contribution in [1.29, 1.82) is 0 Å². The Kier molecular flexibility index (Phi) is 7.18. The van der Waals surface area contributed by atoms with Crippen molar-refractivity contribution in [3.05, 3.63) is 35.4 Å². The van der Waals surface area contributed by atoms with Crippen molar-refractivity contribution in [3.63, 3.8) is 0 Å². The summed E-state index contributed by atoms with van der Waals surface area (Å²) in [6.45, 7) is 1.52. The van der Waals surface area contributed by atoms with Crippen molar-refractivity contribution in [1.82, 2.24) is 5.32 Å². The molecule has 1 amide bonds. The fourth-order valence-electron chi connectivity index (χ4n) is 3.62. The van der Waals surface area contributed by atoms with Gasteiger partial charge < -0.3 is 15.3 Å². The van der Waals surface area contributed by atoms with Crippen LogP contribution in [0.15, 0.2) is 29.4 Å². The lowest BCUT2D eigenvalue weighted by molar-refractivity contribution is -0.142. The van der Waals surface area contributed by atoms with Crippen LogP contribution in [-0.2, 0) is 27.3 Å². The van der Waals surface area contributed by atoms with Crippen LogP contribution in [0.2, 0.25) is 0 Å². The van der Waals surface area contributed by atoms with Crippen LogP contribution in [0.25, 0.3) is 0 Å². The first-order chi connectivity index (χ1) is 12.4. The van der Waals surface area contributed by atoms with Crippen molar-refractivity contribution in [2.45, 2.75) is 51.9 Å². The Morgan fingerprint density at radius 2 is 1.77 bits per heavy atom. The van der Waals surface area contributed by atoms with Gasteiger partial charge in [-0.2, -0.15) is 0 Å². The highest BCUT2D eigenvalue weighted by Gasteiger charge is 2.35. The Balaban J connectivity index is 2.11. The molecule has 2 N–H and O–H groups in total. The van der Waals surface area contributed by atoms with Gasteiger partial charge in [-0.3, -0.25) is 4.79 Å². The number of nitrogens with one attached hydrogen (secondary N) is 1. The highest BCUT2D eigenvalue weighted by Crippen LogP contribution is 2.40. The van der Waals surface area contributed by atoms with Gasteiger partial charge >= 0.3 is 5.97 Å². The van der Waals surface area contributed by atoms with Crippen molar-refractivity contribution in [2.24, 2.45) is 10.6 Å². The summed E-state index contributed by atoms with van der Waals surface area (Å²) in [5, 5.41) is 15.5. The molecule has 0 spiro atoms. The highest BCUT2D eigenvalue weighted by atomic mass is 16.6. The molecule has 1 saturated carbocycles. The zero-order valence-corrected chi connectivity index (χ0v) is 15.6. The van der Waals surface area contributed by atoms with E-state index in [2.05, 4.69) is 22.6 Å². The predicted octanol–water partition coefficient (Wildman–Crippen LogP) is 2.95. The maximum absolute atomic E-state index is 11.5. The summed E-state index contributed by atoms with van der Waals surface area (Å²) < 4.78 is 0. The number of amides is 1. The second-order valence-corrected chi connectivity index (χ2v) is 7.03. The summed E-state index contributed by atoms with van der Waals surface area (Å²) in [6, 6.07) is 8.13. The fraction of sp³-hybridized carbons (Fsp3) is 0.550. The van der Waals surface area contributed by atoms with Crippen LogP contribution in [0.1, 0.15) is 50.2 Å². The highest BCUT2D eigenvalue weighted by molar-refractivity contribution is 5.88. The monoisotopic (exact) mass is 360 g/mol. The van der Waals surface area contributed by atoms with E-state index in [0.29, 0.717) is 6.42 Å². The normalized spacial score (nSPS) is 16.8. The SMILES string of the molecule is CNC(=O)Cc1ccc(CC2(/C(C)=N/OCC(=O)O)CCCCC2)cc1. The van der Waals surface area contributed by atoms with E-state index in [1.54, 1.807) is 7.05 Å². The molecule has 0 aromatic heterocycles. The lowest BCUT2D eigenvalue weighted by Gasteiger charge is -2.37. The van der Waals surface area contributed by atoms with Crippen LogP contribution in [0, 0.1) is 5.41 Å². The standard InChI is InChI=1S/C20H28N2O4/c1-15(22-26-14-19(24)25)20(10-4-3-5-11-20)13-17-8-6-16(7-9-17)12-18(23)21-2/h6-9H,3-5,10-14H2,1-2H3,(H,21,23)(H,24,25)/b22-15+. The summed E-state index contributed by atoms with van der Waals surface area (Å²) in [7, 11) is 1.64. The van der Waals surface area contributed by atoms with Gasteiger partial charge in [0.15, 0.2) is 0 Å². The van der Waals surface area contributed by atoms with E-state index in [9.17, 15) is 9.59 Å². The number of benzene rings is 1. The van der Waals surface area contributed by atoms with E-state index in [-0.39, 0.29) is 11.3 Å². The zero-order valence-electron chi connectivity index (χ0n) is 15.6. The number of hydrogen-bond donors (Lipinski definition) is 2. The molecule has 1 aliphatic rings. The number of likely N-dealkylation sites (N-methyl/N-ethyl adjacent to an activating group) is 1. The van der Waals surface area contributed by atoms with E-state index in [0.717, 1.165) is 43.4 Å². The predicted molar refractivity (Wildman–Crippen MR) is 100 cm³/mol. The average molecular weight is 360 g/mol. The van der Waals surface area contributed by atoms with Crippen molar-refractivity contribution < 1.29 is 19.5 Å². The van der Waals surface area contributed by atoms with Crippen LogP contribution < -0.4 is 5.32 Å². The van der Waals surface area contributed by atoms with Gasteiger partial charge in [0, 0.05) is 12.5 Å². The first-order valence-electron chi connectivity index (χ1n) is 9.12. The number of carboxylic acid groups (broad SMARTS) is 1. The van der Waals surface area contributed by atoms with E-state index in [1.807, 2.05) is 19.1 Å². The van der Waals surface area contributed by atoms with Crippen LogP contribution in [0.4, 0.5) is 0 Å². The maximum atomic E-state index is 11.5. The molecular weight excluding hydrogens is 332 g/mol. The molecule has 0 radical (unpaired) electrons. The average Bonchev–Trinajstić information content (AvgIpc) is 2.63. The fourth-order valence-corrected chi connectivity index (χ4v) is 3.62. The molecule has 0 saturated heterocycles. The van der Waals surface area contributed by atoms with Crippen molar-refractivity contribution in [2.75, 3.05) is 13.7 Å². The minimum Gasteiger partial charge on any atom is -0.479 e. The molecule has 142 valence electrons. The molecule has 1 aromatic carbocycles. The Morgan fingerprint density at radius 1 is 1.15 bits per heavy atom. The smallest absolute Gasteiger partial charge is 0.344 e. The molecule has 0 unspecified atom stereocenters. The van der Waals surface area contributed by atoms with Gasteiger partial charge in [0.25, 0.3) is 0 Å². The van der Waals surface area contributed by atoms with Gasteiger partial charge in [-0.05, 0) is 37.3 Å². The van der Waals surface area contributed by atoms with Gasteiger partial charge in [0.2, 0.25) is 12.5 Å². The van der Waals surface area contributed by atoms with Crippen molar-refractivity contribution in [3.8, 4) is 0 Å². The second kappa shape index (κ2) is 9.36. The Morgan fingerprint density at radius 3 is 2.35 bits per heavy atom. The Hall–Kier alpha value is -2.37. The summed E-state index contributed by atoms with van der Waals surface area (Å²) in [4.78, 5) is 27.1. The lowest BCUT2D eigenvalue weighted by atomic mass is 9.67. The van der Waals surface area contributed by atoms with Gasteiger partial charge in [0.1, 0.15) is 0 Å². The summed E-state index contributed by atoms with van der Waals surface area (Å²) in [5.41, 5.74) is 2.97. The van der Waals surface area contributed by atoms with Gasteiger partial charge in [-0.1, -0.05) is 48.7 Å². The van der Waals surface area contributed by atoms with Crippen LogP contribution in [0.5, 0.6) is 0 Å². The number of carbonyl (C=O) groups is 2. The molecule has 0 atom stereocenters. The molecule has 1 fully saturated rings. The van der Waals surface area contributed by atoms with Gasteiger partial charge in [-0.15, -0.1) is 0 Å². The third-order valence-corrected chi connectivity index (χ3v) is 5.18. The van der Waals surface area contributed by atoms with Crippen LogP contribution >= 0.6 is 0 Å². The molecule has 2 rings (SSSR count). The largest absolute Gasteiger partial charge is 0.479 e. The van der Waals surface area contributed by atoms with Crippen molar-refractivity contribution >= 4 is 17.6 Å². The van der Waals surface area contributed by atoms with Crippen LogP contribution in [0.3, 0.4) is 0 Å². The number of carbonyl (C=O) groups excluding carboxylic acids is 1. The first kappa shape index (κ1) is 19.9. The Bertz CT molecular complexity index is 646. The minimum absolute atomic E-state index is 0.0000535. The number of carboxylic acids is 1. The van der Waals surface area contributed by atoms with E-state index in [4.69, 9.17) is 9.94 Å². The Labute approximate surface area is 154 Å². The van der Waals surface area contributed by atoms with E-state index >= 15 is 0 Å². The summed E-state index contributed by atoms with van der Waals surface area (Å²) in [5.74, 6) is -1.02.